The Hall–Kier alpha value is -0.490. The van der Waals surface area contributed by atoms with E-state index in [1.807, 2.05) is 0 Å². The summed E-state index contributed by atoms with van der Waals surface area (Å²) in [5.74, 6) is 0.604. The standard InChI is InChI=1S/C18H25F3O5P2/c19-18(20,21)10-2-1-3-11(6-10)23-9-12(25-27)4-5-13-14-7-17(22)24-15(14)8-16(13)26-28/h1-3,6,12-17,22H,4-5,7-9,27-28H2. The average molecular weight is 440 g/mol. The van der Waals surface area contributed by atoms with Gasteiger partial charge in [0, 0.05) is 31.8 Å². The zero-order valence-corrected chi connectivity index (χ0v) is 17.5. The molecule has 1 N–H and O–H groups in total. The number of rotatable bonds is 8. The van der Waals surface area contributed by atoms with Crippen LogP contribution in [0.3, 0.4) is 0 Å². The molecular weight excluding hydrogens is 415 g/mol. The Balaban J connectivity index is 1.53. The molecule has 158 valence electrons. The van der Waals surface area contributed by atoms with E-state index >= 15 is 0 Å². The largest absolute Gasteiger partial charge is 0.491 e. The molecule has 0 radical (unpaired) electrons. The maximum absolute atomic E-state index is 12.8. The molecule has 2 fully saturated rings. The third-order valence-electron chi connectivity index (χ3n) is 5.56. The molecule has 1 heterocycles. The minimum Gasteiger partial charge on any atom is -0.491 e. The first-order chi connectivity index (χ1) is 13.3. The number of aliphatic hydroxyl groups excluding tert-OH is 1. The lowest BCUT2D eigenvalue weighted by Crippen LogP contribution is -2.25. The number of halogens is 3. The summed E-state index contributed by atoms with van der Waals surface area (Å²) in [5, 5.41) is 9.73. The summed E-state index contributed by atoms with van der Waals surface area (Å²) in [5.41, 5.74) is -0.745. The topological polar surface area (TPSA) is 57.2 Å². The van der Waals surface area contributed by atoms with Crippen LogP contribution in [0.2, 0.25) is 0 Å². The predicted molar refractivity (Wildman–Crippen MR) is 102 cm³/mol. The molecule has 1 aromatic carbocycles. The van der Waals surface area contributed by atoms with Crippen LogP contribution in [0.1, 0.15) is 31.2 Å². The summed E-state index contributed by atoms with van der Waals surface area (Å²) in [6.07, 6.45) is -2.63. The summed E-state index contributed by atoms with van der Waals surface area (Å²) in [4.78, 5) is 0. The van der Waals surface area contributed by atoms with E-state index < -0.39 is 18.0 Å². The van der Waals surface area contributed by atoms with Crippen LogP contribution >= 0.6 is 18.9 Å². The number of aliphatic hydroxyl groups is 1. The zero-order chi connectivity index (χ0) is 20.3. The van der Waals surface area contributed by atoms with Crippen LogP contribution in [0.15, 0.2) is 24.3 Å². The SMILES string of the molecule is OC1CC2C(CC(OP)C2CCC(COc2cccc(C(F)(F)F)c2)OP)O1. The van der Waals surface area contributed by atoms with E-state index in [9.17, 15) is 18.3 Å². The van der Waals surface area contributed by atoms with E-state index in [0.29, 0.717) is 12.8 Å². The highest BCUT2D eigenvalue weighted by molar-refractivity contribution is 7.10. The van der Waals surface area contributed by atoms with Crippen LogP contribution in [-0.4, -0.2) is 36.3 Å². The molecule has 0 bridgehead atoms. The maximum atomic E-state index is 12.8. The zero-order valence-electron chi connectivity index (χ0n) is 15.2. The van der Waals surface area contributed by atoms with Gasteiger partial charge in [-0.05, 0) is 42.9 Å². The summed E-state index contributed by atoms with van der Waals surface area (Å²) >= 11 is 0. The summed E-state index contributed by atoms with van der Waals surface area (Å²) in [7, 11) is 4.49. The summed E-state index contributed by atoms with van der Waals surface area (Å²) in [6.45, 7) is 0.136. The Morgan fingerprint density at radius 1 is 1.25 bits per heavy atom. The van der Waals surface area contributed by atoms with E-state index in [4.69, 9.17) is 18.5 Å². The van der Waals surface area contributed by atoms with Gasteiger partial charge < -0.3 is 23.6 Å². The Kier molecular flexibility index (Phi) is 7.57. The normalized spacial score (nSPS) is 31.0. The van der Waals surface area contributed by atoms with Gasteiger partial charge in [0.2, 0.25) is 0 Å². The van der Waals surface area contributed by atoms with Gasteiger partial charge in [-0.1, -0.05) is 6.07 Å². The third kappa shape index (κ3) is 5.35. The van der Waals surface area contributed by atoms with Crippen molar-refractivity contribution in [2.75, 3.05) is 6.61 Å². The van der Waals surface area contributed by atoms with Gasteiger partial charge in [0.15, 0.2) is 6.29 Å². The van der Waals surface area contributed by atoms with E-state index in [-0.39, 0.29) is 42.5 Å². The Morgan fingerprint density at radius 2 is 2.04 bits per heavy atom. The first-order valence-electron chi connectivity index (χ1n) is 9.16. The minimum absolute atomic E-state index is 0.00211. The maximum Gasteiger partial charge on any atom is 0.416 e. The lowest BCUT2D eigenvalue weighted by Gasteiger charge is -2.25. The van der Waals surface area contributed by atoms with Crippen molar-refractivity contribution in [1.82, 2.24) is 0 Å². The molecule has 8 atom stereocenters. The quantitative estimate of drug-likeness (QED) is 0.621. The van der Waals surface area contributed by atoms with E-state index in [0.717, 1.165) is 25.0 Å². The number of ether oxygens (including phenoxy) is 2. The molecule has 1 aromatic rings. The average Bonchev–Trinajstić information content (AvgIpc) is 3.17. The van der Waals surface area contributed by atoms with Gasteiger partial charge in [-0.25, -0.2) is 0 Å². The smallest absolute Gasteiger partial charge is 0.416 e. The molecule has 1 saturated heterocycles. The van der Waals surface area contributed by atoms with Crippen molar-refractivity contribution in [3.63, 3.8) is 0 Å². The molecule has 10 heteroatoms. The summed E-state index contributed by atoms with van der Waals surface area (Å²) in [6, 6.07) is 4.80. The van der Waals surface area contributed by atoms with Crippen LogP contribution in [-0.2, 0) is 20.0 Å². The summed E-state index contributed by atoms with van der Waals surface area (Å²) < 4.78 is 60.4. The Morgan fingerprint density at radius 3 is 2.71 bits per heavy atom. The molecule has 0 aromatic heterocycles. The van der Waals surface area contributed by atoms with E-state index in [1.165, 1.54) is 12.1 Å². The molecule has 1 aliphatic carbocycles. The van der Waals surface area contributed by atoms with E-state index in [1.54, 1.807) is 0 Å². The Labute approximate surface area is 166 Å². The van der Waals surface area contributed by atoms with Gasteiger partial charge in [-0.15, -0.1) is 0 Å². The van der Waals surface area contributed by atoms with Crippen molar-refractivity contribution in [3.8, 4) is 5.75 Å². The van der Waals surface area contributed by atoms with Crippen molar-refractivity contribution in [2.45, 2.75) is 56.5 Å². The van der Waals surface area contributed by atoms with Crippen LogP contribution < -0.4 is 4.74 Å². The number of benzene rings is 1. The predicted octanol–water partition coefficient (Wildman–Crippen LogP) is 3.96. The van der Waals surface area contributed by atoms with Crippen LogP contribution in [0.25, 0.3) is 0 Å². The van der Waals surface area contributed by atoms with Gasteiger partial charge in [0.05, 0.1) is 23.9 Å². The van der Waals surface area contributed by atoms with Crippen molar-refractivity contribution < 1.29 is 36.8 Å². The molecule has 28 heavy (non-hydrogen) atoms. The van der Waals surface area contributed by atoms with Gasteiger partial charge in [0.1, 0.15) is 12.4 Å². The lowest BCUT2D eigenvalue weighted by molar-refractivity contribution is -0.137. The molecule has 5 nitrogen and oxygen atoms in total. The van der Waals surface area contributed by atoms with E-state index in [2.05, 4.69) is 18.9 Å². The fourth-order valence-electron chi connectivity index (χ4n) is 4.18. The number of fused-ring (bicyclic) bond motifs is 1. The lowest BCUT2D eigenvalue weighted by atomic mass is 9.87. The van der Waals surface area contributed by atoms with Gasteiger partial charge >= 0.3 is 6.18 Å². The molecular formula is C18H25F3O5P2. The number of alkyl halides is 3. The van der Waals surface area contributed by atoms with Crippen molar-refractivity contribution in [1.29, 1.82) is 0 Å². The van der Waals surface area contributed by atoms with Crippen LogP contribution in [0, 0.1) is 11.8 Å². The van der Waals surface area contributed by atoms with Crippen LogP contribution in [0.4, 0.5) is 13.2 Å². The molecule has 2 aliphatic rings. The van der Waals surface area contributed by atoms with Crippen LogP contribution in [0.5, 0.6) is 5.75 Å². The fraction of sp³-hybridized carbons (Fsp3) is 0.667. The van der Waals surface area contributed by atoms with Gasteiger partial charge in [-0.3, -0.25) is 0 Å². The molecule has 8 unspecified atom stereocenters. The monoisotopic (exact) mass is 440 g/mol. The van der Waals surface area contributed by atoms with Crippen molar-refractivity contribution in [2.24, 2.45) is 11.8 Å². The molecule has 0 spiro atoms. The van der Waals surface area contributed by atoms with Crippen molar-refractivity contribution >= 4 is 18.9 Å². The first kappa shape index (κ1) is 22.2. The second-order valence-electron chi connectivity index (χ2n) is 7.27. The number of hydrogen-bond acceptors (Lipinski definition) is 5. The molecule has 0 amide bonds. The first-order valence-corrected chi connectivity index (χ1v) is 10.1. The molecule has 1 saturated carbocycles. The molecule has 3 rings (SSSR count). The second kappa shape index (κ2) is 9.55. The highest BCUT2D eigenvalue weighted by atomic mass is 31.0. The Bertz CT molecular complexity index is 648. The minimum atomic E-state index is -4.41. The fourth-order valence-corrected chi connectivity index (χ4v) is 4.71. The second-order valence-corrected chi connectivity index (χ2v) is 7.82. The molecule has 1 aliphatic heterocycles. The highest BCUT2D eigenvalue weighted by Crippen LogP contribution is 2.46. The van der Waals surface area contributed by atoms with Crippen molar-refractivity contribution in [3.05, 3.63) is 29.8 Å². The third-order valence-corrected chi connectivity index (χ3v) is 6.30. The number of hydrogen-bond donors (Lipinski definition) is 1. The van der Waals surface area contributed by atoms with Gasteiger partial charge in [-0.2, -0.15) is 13.2 Å². The highest BCUT2D eigenvalue weighted by Gasteiger charge is 2.49. The van der Waals surface area contributed by atoms with Gasteiger partial charge in [0.25, 0.3) is 0 Å².